The van der Waals surface area contributed by atoms with Crippen LogP contribution in [0.5, 0.6) is 5.75 Å². The Morgan fingerprint density at radius 1 is 1.38 bits per heavy atom. The van der Waals surface area contributed by atoms with Gasteiger partial charge in [-0.05, 0) is 24.3 Å². The zero-order valence-corrected chi connectivity index (χ0v) is 12.6. The van der Waals surface area contributed by atoms with E-state index in [1.165, 1.54) is 13.2 Å². The van der Waals surface area contributed by atoms with Crippen molar-refractivity contribution in [2.24, 2.45) is 0 Å². The number of halogens is 2. The van der Waals surface area contributed by atoms with Crippen molar-refractivity contribution < 1.29 is 19.0 Å². The number of aromatic carboxylic acids is 1. The van der Waals surface area contributed by atoms with E-state index in [-0.39, 0.29) is 11.3 Å². The van der Waals surface area contributed by atoms with Gasteiger partial charge in [0.15, 0.2) is 0 Å². The largest absolute Gasteiger partial charge is 0.497 e. The van der Waals surface area contributed by atoms with Crippen LogP contribution in [-0.2, 0) is 0 Å². The molecule has 7 heteroatoms. The highest BCUT2D eigenvalue weighted by atomic mass is 79.9. The molecule has 0 atom stereocenters. The molecule has 0 aromatic heterocycles. The van der Waals surface area contributed by atoms with Gasteiger partial charge < -0.3 is 20.9 Å². The number of nitrogen functional groups attached to an aromatic ring is 1. The summed E-state index contributed by atoms with van der Waals surface area (Å²) in [4.78, 5) is 11.3. The fourth-order valence-corrected chi connectivity index (χ4v) is 2.31. The molecule has 0 unspecified atom stereocenters. The molecule has 0 aliphatic carbocycles. The van der Waals surface area contributed by atoms with Crippen molar-refractivity contribution in [3.05, 3.63) is 46.2 Å². The van der Waals surface area contributed by atoms with Crippen LogP contribution in [0.3, 0.4) is 0 Å². The maximum absolute atomic E-state index is 13.4. The number of hydrogen-bond donors (Lipinski definition) is 3. The molecule has 0 fully saturated rings. The Morgan fingerprint density at radius 2 is 2.10 bits per heavy atom. The monoisotopic (exact) mass is 354 g/mol. The highest BCUT2D eigenvalue weighted by molar-refractivity contribution is 9.10. The van der Waals surface area contributed by atoms with E-state index in [0.717, 1.165) is 10.5 Å². The van der Waals surface area contributed by atoms with Crippen LogP contribution in [0.2, 0.25) is 0 Å². The Morgan fingerprint density at radius 3 is 2.71 bits per heavy atom. The summed E-state index contributed by atoms with van der Waals surface area (Å²) >= 11 is 3.32. The maximum atomic E-state index is 13.4. The molecule has 0 saturated carbocycles. The van der Waals surface area contributed by atoms with Crippen LogP contribution in [-0.4, -0.2) is 18.2 Å². The molecule has 2 aromatic carbocycles. The lowest BCUT2D eigenvalue weighted by atomic mass is 10.1. The first-order chi connectivity index (χ1) is 9.92. The van der Waals surface area contributed by atoms with E-state index in [4.69, 9.17) is 10.5 Å². The third kappa shape index (κ3) is 3.25. The first-order valence-corrected chi connectivity index (χ1v) is 6.64. The number of hydrogen-bond acceptors (Lipinski definition) is 4. The van der Waals surface area contributed by atoms with Gasteiger partial charge in [-0.1, -0.05) is 15.9 Å². The van der Waals surface area contributed by atoms with Gasteiger partial charge in [0.1, 0.15) is 17.1 Å². The summed E-state index contributed by atoms with van der Waals surface area (Å²) in [6, 6.07) is 7.59. The van der Waals surface area contributed by atoms with E-state index in [9.17, 15) is 14.3 Å². The number of ether oxygens (including phenoxy) is 1. The summed E-state index contributed by atoms with van der Waals surface area (Å²) in [5.74, 6) is -1.50. The normalized spacial score (nSPS) is 10.2. The number of carbonyl (C=O) groups is 1. The second-order valence-corrected chi connectivity index (χ2v) is 5.11. The number of rotatable bonds is 4. The fraction of sp³-hybridized carbons (Fsp3) is 0.0714. The predicted octanol–water partition coefficient (Wildman–Crippen LogP) is 3.62. The molecule has 2 rings (SSSR count). The minimum atomic E-state index is -1.31. The summed E-state index contributed by atoms with van der Waals surface area (Å²) in [5.41, 5.74) is 5.55. The average molecular weight is 355 g/mol. The van der Waals surface area contributed by atoms with Gasteiger partial charge in [0.05, 0.1) is 18.5 Å². The molecular formula is C14H12BrFN2O3. The zero-order valence-electron chi connectivity index (χ0n) is 11.0. The first kappa shape index (κ1) is 15.1. The minimum Gasteiger partial charge on any atom is -0.497 e. The van der Waals surface area contributed by atoms with Crippen LogP contribution in [0.15, 0.2) is 34.8 Å². The number of benzene rings is 2. The average Bonchev–Trinajstić information content (AvgIpc) is 2.42. The van der Waals surface area contributed by atoms with Crippen molar-refractivity contribution in [2.45, 2.75) is 0 Å². The van der Waals surface area contributed by atoms with Crippen molar-refractivity contribution in [3.8, 4) is 5.75 Å². The number of nitrogens with two attached hydrogens (primary N) is 1. The van der Waals surface area contributed by atoms with Crippen LogP contribution < -0.4 is 15.8 Å². The standard InChI is InChI=1S/C14H12BrFN2O3/c1-21-9-5-7(15)4-8(6-9)18-11-3-2-10(16)13(17)12(11)14(19)20/h2-6,18H,17H2,1H3,(H,19,20). The van der Waals surface area contributed by atoms with Gasteiger partial charge >= 0.3 is 5.97 Å². The number of methoxy groups -OCH3 is 1. The SMILES string of the molecule is COc1cc(Br)cc(Nc2ccc(F)c(N)c2C(=O)O)c1. The van der Waals surface area contributed by atoms with Gasteiger partial charge in [0, 0.05) is 16.2 Å². The Labute approximate surface area is 128 Å². The lowest BCUT2D eigenvalue weighted by Crippen LogP contribution is -2.08. The van der Waals surface area contributed by atoms with Gasteiger partial charge in [-0.15, -0.1) is 0 Å². The molecule has 2 aromatic rings. The topological polar surface area (TPSA) is 84.6 Å². The third-order valence-corrected chi connectivity index (χ3v) is 3.25. The number of anilines is 3. The number of carboxylic acids is 1. The molecule has 4 N–H and O–H groups in total. The smallest absolute Gasteiger partial charge is 0.340 e. The minimum absolute atomic E-state index is 0.196. The van der Waals surface area contributed by atoms with Crippen molar-refractivity contribution in [2.75, 3.05) is 18.2 Å². The van der Waals surface area contributed by atoms with Crippen LogP contribution in [0.25, 0.3) is 0 Å². The van der Waals surface area contributed by atoms with Crippen LogP contribution in [0.4, 0.5) is 21.5 Å². The quantitative estimate of drug-likeness (QED) is 0.730. The predicted molar refractivity (Wildman–Crippen MR) is 81.7 cm³/mol. The van der Waals surface area contributed by atoms with Crippen molar-refractivity contribution in [1.29, 1.82) is 0 Å². The van der Waals surface area contributed by atoms with Gasteiger partial charge in [-0.2, -0.15) is 0 Å². The molecule has 0 amide bonds. The van der Waals surface area contributed by atoms with Crippen molar-refractivity contribution in [1.82, 2.24) is 0 Å². The molecule has 0 bridgehead atoms. The lowest BCUT2D eigenvalue weighted by molar-refractivity contribution is 0.0698. The second kappa shape index (κ2) is 6.01. The highest BCUT2D eigenvalue weighted by Crippen LogP contribution is 2.31. The van der Waals surface area contributed by atoms with Gasteiger partial charge in [0.25, 0.3) is 0 Å². The molecule has 110 valence electrons. The van der Waals surface area contributed by atoms with E-state index in [1.807, 2.05) is 0 Å². The maximum Gasteiger partial charge on any atom is 0.340 e. The van der Waals surface area contributed by atoms with Crippen molar-refractivity contribution >= 4 is 39.0 Å². The zero-order chi connectivity index (χ0) is 15.6. The molecule has 5 nitrogen and oxygen atoms in total. The molecule has 0 heterocycles. The summed E-state index contributed by atoms with van der Waals surface area (Å²) in [5, 5.41) is 12.1. The first-order valence-electron chi connectivity index (χ1n) is 5.85. The van der Waals surface area contributed by atoms with Crippen LogP contribution in [0.1, 0.15) is 10.4 Å². The van der Waals surface area contributed by atoms with Crippen LogP contribution in [0, 0.1) is 5.82 Å². The number of carboxylic acid groups (broad SMARTS) is 1. The molecule has 0 aliphatic rings. The highest BCUT2D eigenvalue weighted by Gasteiger charge is 2.17. The van der Waals surface area contributed by atoms with Gasteiger partial charge in [-0.25, -0.2) is 9.18 Å². The van der Waals surface area contributed by atoms with E-state index >= 15 is 0 Å². The summed E-state index contributed by atoms with van der Waals surface area (Å²) in [6.07, 6.45) is 0. The lowest BCUT2D eigenvalue weighted by Gasteiger charge is -2.13. The summed E-state index contributed by atoms with van der Waals surface area (Å²) in [7, 11) is 1.52. The molecule has 0 radical (unpaired) electrons. The molecule has 0 saturated heterocycles. The van der Waals surface area contributed by atoms with E-state index in [2.05, 4.69) is 21.2 Å². The second-order valence-electron chi connectivity index (χ2n) is 4.19. The Hall–Kier alpha value is -2.28. The number of nitrogens with one attached hydrogen (secondary N) is 1. The Kier molecular flexibility index (Phi) is 4.32. The van der Waals surface area contributed by atoms with Gasteiger partial charge in [-0.3, -0.25) is 0 Å². The molecular weight excluding hydrogens is 343 g/mol. The van der Waals surface area contributed by atoms with Crippen LogP contribution >= 0.6 is 15.9 Å². The Balaban J connectivity index is 2.47. The fourth-order valence-electron chi connectivity index (χ4n) is 1.84. The Bertz CT molecular complexity index is 707. The molecule has 0 aliphatic heterocycles. The van der Waals surface area contributed by atoms with Crippen molar-refractivity contribution in [3.63, 3.8) is 0 Å². The third-order valence-electron chi connectivity index (χ3n) is 2.79. The molecule has 0 spiro atoms. The molecule has 21 heavy (non-hydrogen) atoms. The summed E-state index contributed by atoms with van der Waals surface area (Å²) in [6.45, 7) is 0. The van der Waals surface area contributed by atoms with E-state index < -0.39 is 17.5 Å². The van der Waals surface area contributed by atoms with E-state index in [0.29, 0.717) is 11.4 Å². The van der Waals surface area contributed by atoms with Gasteiger partial charge in [0.2, 0.25) is 0 Å². The van der Waals surface area contributed by atoms with E-state index in [1.54, 1.807) is 18.2 Å². The summed E-state index contributed by atoms with van der Waals surface area (Å²) < 4.78 is 19.3.